The fourth-order valence-electron chi connectivity index (χ4n) is 4.85. The molecule has 0 spiro atoms. The number of oxime groups is 1. The summed E-state index contributed by atoms with van der Waals surface area (Å²) in [5, 5.41) is 5.47. The monoisotopic (exact) mass is 526 g/mol. The molecule has 2 heterocycles. The summed E-state index contributed by atoms with van der Waals surface area (Å²) < 4.78 is 13.4. The Bertz CT molecular complexity index is 1680. The molecule has 0 fully saturated rings. The van der Waals surface area contributed by atoms with Crippen molar-refractivity contribution in [1.29, 1.82) is 0 Å². The Hall–Kier alpha value is -4.30. The third-order valence-electron chi connectivity index (χ3n) is 7.28. The number of carbonyl (C=O) groups is 3. The Kier molecular flexibility index (Phi) is 6.82. The molecule has 1 aromatic heterocycles. The molecular weight excluding hydrogens is 496 g/mol. The summed E-state index contributed by atoms with van der Waals surface area (Å²) >= 11 is 0. The molecule has 39 heavy (non-hydrogen) atoms. The fourth-order valence-corrected chi connectivity index (χ4v) is 4.85. The van der Waals surface area contributed by atoms with Crippen LogP contribution in [0.2, 0.25) is 0 Å². The predicted octanol–water partition coefficient (Wildman–Crippen LogP) is 5.64. The second kappa shape index (κ2) is 10.1. The fraction of sp³-hybridized carbons (Fsp3) is 0.290. The highest BCUT2D eigenvalue weighted by molar-refractivity contribution is 6.47. The Morgan fingerprint density at radius 2 is 1.82 bits per heavy atom. The quantitative estimate of drug-likeness (QED) is 0.183. The number of Topliss-reactive ketones (excluding diaryl/α,β-unsaturated/α-hetero) is 1. The highest BCUT2D eigenvalue weighted by atomic mass is 16.7. The number of nitrogens with zero attached hydrogens (tertiary/aromatic N) is 2. The molecular formula is C31H30N2O6. The number of fused-ring (bicyclic) bond motifs is 5. The van der Waals surface area contributed by atoms with Crippen LogP contribution in [0, 0.1) is 6.92 Å². The number of rotatable bonds is 6. The minimum atomic E-state index is -1.20. The Morgan fingerprint density at radius 1 is 1.08 bits per heavy atom. The number of hydrogen-bond donors (Lipinski definition) is 0. The van der Waals surface area contributed by atoms with E-state index in [-0.39, 0.29) is 30.3 Å². The number of carbonyl (C=O) groups excluding carboxylic acids is 3. The van der Waals surface area contributed by atoms with Gasteiger partial charge in [0.25, 0.3) is 0 Å². The van der Waals surface area contributed by atoms with E-state index in [1.807, 2.05) is 62.4 Å². The minimum absolute atomic E-state index is 0.0679. The van der Waals surface area contributed by atoms with Crippen molar-refractivity contribution in [3.05, 3.63) is 76.9 Å². The number of aryl methyl sites for hydroxylation is 2. The highest BCUT2D eigenvalue weighted by Crippen LogP contribution is 2.40. The van der Waals surface area contributed by atoms with Crippen LogP contribution in [0.4, 0.5) is 0 Å². The van der Waals surface area contributed by atoms with E-state index in [2.05, 4.69) is 9.72 Å². The van der Waals surface area contributed by atoms with Gasteiger partial charge in [-0.3, -0.25) is 9.59 Å². The summed E-state index contributed by atoms with van der Waals surface area (Å²) in [5.41, 5.74) is 3.15. The van der Waals surface area contributed by atoms with Gasteiger partial charge in [0.1, 0.15) is 11.5 Å². The van der Waals surface area contributed by atoms with Crippen LogP contribution in [0.1, 0.15) is 59.0 Å². The van der Waals surface area contributed by atoms with Crippen LogP contribution in [0.15, 0.2) is 59.8 Å². The summed E-state index contributed by atoms with van der Waals surface area (Å²) in [6, 6.07) is 16.8. The molecule has 8 nitrogen and oxygen atoms in total. The first-order valence-electron chi connectivity index (χ1n) is 12.9. The molecule has 0 bridgehead atoms. The molecule has 0 saturated carbocycles. The van der Waals surface area contributed by atoms with Crippen LogP contribution in [0.3, 0.4) is 0 Å². The lowest BCUT2D eigenvalue weighted by Crippen LogP contribution is -2.35. The Morgan fingerprint density at radius 3 is 2.54 bits per heavy atom. The lowest BCUT2D eigenvalue weighted by molar-refractivity contribution is -0.165. The molecule has 0 unspecified atom stereocenters. The minimum Gasteiger partial charge on any atom is -0.492 e. The zero-order valence-corrected chi connectivity index (χ0v) is 22.7. The van der Waals surface area contributed by atoms with Gasteiger partial charge in [-0.05, 0) is 63.6 Å². The van der Waals surface area contributed by atoms with E-state index in [1.54, 1.807) is 19.9 Å². The van der Waals surface area contributed by atoms with Crippen molar-refractivity contribution in [2.75, 3.05) is 13.7 Å². The molecule has 0 atom stereocenters. The van der Waals surface area contributed by atoms with Crippen LogP contribution in [-0.4, -0.2) is 47.1 Å². The maximum atomic E-state index is 13.5. The van der Waals surface area contributed by atoms with Gasteiger partial charge in [0.2, 0.25) is 5.78 Å². The first-order chi connectivity index (χ1) is 18.7. The van der Waals surface area contributed by atoms with Gasteiger partial charge in [0, 0.05) is 42.1 Å². The maximum Gasteiger partial charge on any atom is 0.365 e. The van der Waals surface area contributed by atoms with Crippen molar-refractivity contribution in [2.45, 2.75) is 46.3 Å². The van der Waals surface area contributed by atoms with E-state index in [1.165, 1.54) is 7.11 Å². The van der Waals surface area contributed by atoms with Crippen LogP contribution in [-0.2, 0) is 20.9 Å². The van der Waals surface area contributed by atoms with E-state index < -0.39 is 11.6 Å². The van der Waals surface area contributed by atoms with E-state index in [4.69, 9.17) is 14.3 Å². The van der Waals surface area contributed by atoms with E-state index in [9.17, 15) is 14.4 Å². The number of benzene rings is 3. The molecule has 5 rings (SSSR count). The van der Waals surface area contributed by atoms with Crippen LogP contribution < -0.4 is 4.74 Å². The highest BCUT2D eigenvalue weighted by Gasteiger charge is 2.31. The second-order valence-electron chi connectivity index (χ2n) is 10.0. The first-order valence-corrected chi connectivity index (χ1v) is 12.9. The van der Waals surface area contributed by atoms with Gasteiger partial charge in [0.15, 0.2) is 11.4 Å². The Labute approximate surface area is 226 Å². The SMILES string of the molecule is CCn1c2ccc(C(=O)c3ccccc3C)cc2c2c3c(ccc21)C(=O)/C(=N/OC(=O)C(C)(C)OC)CCO3. The Balaban J connectivity index is 1.63. The molecule has 0 N–H and O–H groups in total. The first kappa shape index (κ1) is 26.3. The standard InChI is InChI=1S/C31H30N2O6/c1-6-33-24-13-11-19(27(34)20-10-8-7-9-18(20)2)17-22(24)26-25(33)14-12-21-28(35)23(15-16-38-29(21)26)32-39-30(36)31(3,4)37-5/h7-14,17H,6,15-16H2,1-5H3/b32-23+. The van der Waals surface area contributed by atoms with Crippen molar-refractivity contribution in [3.8, 4) is 5.75 Å². The molecule has 0 saturated heterocycles. The van der Waals surface area contributed by atoms with Gasteiger partial charge in [0.05, 0.1) is 23.1 Å². The molecule has 1 aliphatic rings. The summed E-state index contributed by atoms with van der Waals surface area (Å²) in [7, 11) is 1.40. The maximum absolute atomic E-state index is 13.5. The average Bonchev–Trinajstić information content (AvgIpc) is 3.17. The van der Waals surface area contributed by atoms with Crippen LogP contribution in [0.5, 0.6) is 5.75 Å². The number of hydrogen-bond acceptors (Lipinski definition) is 7. The van der Waals surface area contributed by atoms with Crippen molar-refractivity contribution in [3.63, 3.8) is 0 Å². The van der Waals surface area contributed by atoms with Gasteiger partial charge in [-0.2, -0.15) is 0 Å². The van der Waals surface area contributed by atoms with Crippen molar-refractivity contribution < 1.29 is 28.7 Å². The molecule has 1 aliphatic heterocycles. The molecule has 0 aliphatic carbocycles. The average molecular weight is 527 g/mol. The van der Waals surface area contributed by atoms with Crippen molar-refractivity contribution >= 4 is 45.1 Å². The lowest BCUT2D eigenvalue weighted by Gasteiger charge is -2.18. The number of methoxy groups -OCH3 is 1. The van der Waals surface area contributed by atoms with E-state index >= 15 is 0 Å². The van der Waals surface area contributed by atoms with Gasteiger partial charge in [-0.1, -0.05) is 29.4 Å². The van der Waals surface area contributed by atoms with Gasteiger partial charge >= 0.3 is 5.97 Å². The smallest absolute Gasteiger partial charge is 0.365 e. The molecule has 200 valence electrons. The van der Waals surface area contributed by atoms with Crippen LogP contribution >= 0.6 is 0 Å². The number of aromatic nitrogens is 1. The third kappa shape index (κ3) is 4.51. The third-order valence-corrected chi connectivity index (χ3v) is 7.28. The van der Waals surface area contributed by atoms with E-state index in [0.29, 0.717) is 29.0 Å². The van der Waals surface area contributed by atoms with Gasteiger partial charge in [-0.15, -0.1) is 0 Å². The molecule has 0 amide bonds. The molecule has 3 aromatic carbocycles. The van der Waals surface area contributed by atoms with Crippen molar-refractivity contribution in [1.82, 2.24) is 4.57 Å². The number of ether oxygens (including phenoxy) is 2. The lowest BCUT2D eigenvalue weighted by atomic mass is 9.97. The van der Waals surface area contributed by atoms with Crippen LogP contribution in [0.25, 0.3) is 21.8 Å². The van der Waals surface area contributed by atoms with E-state index in [0.717, 1.165) is 27.4 Å². The summed E-state index contributed by atoms with van der Waals surface area (Å²) in [5.74, 6) is -0.717. The zero-order chi connectivity index (χ0) is 27.9. The largest absolute Gasteiger partial charge is 0.492 e. The van der Waals surface area contributed by atoms with Crippen molar-refractivity contribution in [2.24, 2.45) is 5.16 Å². The zero-order valence-electron chi connectivity index (χ0n) is 22.7. The summed E-state index contributed by atoms with van der Waals surface area (Å²) in [6.07, 6.45) is 0.166. The predicted molar refractivity (Wildman–Crippen MR) is 149 cm³/mol. The molecule has 8 heteroatoms. The number of ketones is 2. The molecule has 0 radical (unpaired) electrons. The summed E-state index contributed by atoms with van der Waals surface area (Å²) in [6.45, 7) is 7.94. The molecule has 4 aromatic rings. The normalized spacial score (nSPS) is 14.8. The topological polar surface area (TPSA) is 96.2 Å². The van der Waals surface area contributed by atoms with Gasteiger partial charge < -0.3 is 18.9 Å². The van der Waals surface area contributed by atoms with Gasteiger partial charge in [-0.25, -0.2) is 4.79 Å². The second-order valence-corrected chi connectivity index (χ2v) is 10.0. The summed E-state index contributed by atoms with van der Waals surface area (Å²) in [4.78, 5) is 44.3.